The van der Waals surface area contributed by atoms with Crippen LogP contribution in [-0.2, 0) is 6.54 Å². The molecule has 0 aliphatic carbocycles. The molecule has 0 bridgehead atoms. The standard InChI is InChI=1S/C19H29N3O3/c1-12(2)16-10-17(21-20-16)14-5-7-22(8-6-14)11-13-3-4-18(23)15(9-13)19(24)25/h3-4,9,12,14,16-17,20-21,23H,5-8,10-11H2,1-2H3,(H,24,25). The number of benzene rings is 1. The summed E-state index contributed by atoms with van der Waals surface area (Å²) in [5, 5.41) is 18.7. The number of aromatic carboxylic acids is 1. The maximum absolute atomic E-state index is 11.1. The summed E-state index contributed by atoms with van der Waals surface area (Å²) in [6, 6.07) is 5.99. The van der Waals surface area contributed by atoms with Crippen molar-refractivity contribution >= 4 is 5.97 Å². The van der Waals surface area contributed by atoms with Gasteiger partial charge in [0.15, 0.2) is 0 Å². The van der Waals surface area contributed by atoms with Crippen LogP contribution >= 0.6 is 0 Å². The highest BCUT2D eigenvalue weighted by Crippen LogP contribution is 2.28. The van der Waals surface area contributed by atoms with E-state index < -0.39 is 5.97 Å². The van der Waals surface area contributed by atoms with Crippen molar-refractivity contribution < 1.29 is 15.0 Å². The second-order valence-electron chi connectivity index (χ2n) is 7.75. The number of aromatic hydroxyl groups is 1. The Bertz CT molecular complexity index is 612. The first-order valence-corrected chi connectivity index (χ1v) is 9.22. The number of hydrogen-bond donors (Lipinski definition) is 4. The van der Waals surface area contributed by atoms with Crippen LogP contribution < -0.4 is 10.9 Å². The lowest BCUT2D eigenvalue weighted by molar-refractivity contribution is 0.0693. The number of carboxylic acids is 1. The van der Waals surface area contributed by atoms with Crippen molar-refractivity contribution in [3.05, 3.63) is 29.3 Å². The molecule has 2 heterocycles. The molecule has 25 heavy (non-hydrogen) atoms. The third kappa shape index (κ3) is 4.32. The molecule has 1 aromatic carbocycles. The fraction of sp³-hybridized carbons (Fsp3) is 0.632. The van der Waals surface area contributed by atoms with Gasteiger partial charge in [-0.2, -0.15) is 0 Å². The smallest absolute Gasteiger partial charge is 0.339 e. The van der Waals surface area contributed by atoms with Gasteiger partial charge in [-0.3, -0.25) is 15.8 Å². The van der Waals surface area contributed by atoms with Crippen molar-refractivity contribution in [3.8, 4) is 5.75 Å². The number of phenols is 1. The molecule has 2 aliphatic rings. The zero-order valence-corrected chi connectivity index (χ0v) is 15.0. The molecule has 3 rings (SSSR count). The number of rotatable bonds is 5. The van der Waals surface area contributed by atoms with E-state index in [9.17, 15) is 9.90 Å². The summed E-state index contributed by atoms with van der Waals surface area (Å²) in [7, 11) is 0. The average Bonchev–Trinajstić information content (AvgIpc) is 3.07. The highest BCUT2D eigenvalue weighted by atomic mass is 16.4. The van der Waals surface area contributed by atoms with E-state index in [1.54, 1.807) is 6.07 Å². The zero-order valence-electron chi connectivity index (χ0n) is 15.0. The summed E-state index contributed by atoms with van der Waals surface area (Å²) in [4.78, 5) is 13.5. The molecular formula is C19H29N3O3. The quantitative estimate of drug-likeness (QED) is 0.653. The van der Waals surface area contributed by atoms with E-state index >= 15 is 0 Å². The maximum atomic E-state index is 11.1. The predicted octanol–water partition coefficient (Wildman–Crippen LogP) is 2.19. The molecule has 6 heteroatoms. The zero-order chi connectivity index (χ0) is 18.0. The van der Waals surface area contributed by atoms with E-state index in [2.05, 4.69) is 29.6 Å². The first-order chi connectivity index (χ1) is 11.9. The van der Waals surface area contributed by atoms with E-state index in [0.717, 1.165) is 38.0 Å². The molecule has 0 amide bonds. The van der Waals surface area contributed by atoms with E-state index in [-0.39, 0.29) is 11.3 Å². The highest BCUT2D eigenvalue weighted by molar-refractivity contribution is 5.90. The number of likely N-dealkylation sites (tertiary alicyclic amines) is 1. The van der Waals surface area contributed by atoms with Gasteiger partial charge < -0.3 is 10.2 Å². The Morgan fingerprint density at radius 2 is 2.00 bits per heavy atom. The number of hydrazine groups is 1. The van der Waals surface area contributed by atoms with Crippen molar-refractivity contribution in [3.63, 3.8) is 0 Å². The minimum atomic E-state index is -1.09. The molecule has 2 fully saturated rings. The third-order valence-electron chi connectivity index (χ3n) is 5.67. The van der Waals surface area contributed by atoms with Crippen LogP contribution in [0, 0.1) is 11.8 Å². The van der Waals surface area contributed by atoms with E-state index in [1.807, 2.05) is 6.07 Å². The summed E-state index contributed by atoms with van der Waals surface area (Å²) in [6.07, 6.45) is 3.52. The van der Waals surface area contributed by atoms with Gasteiger partial charge >= 0.3 is 5.97 Å². The monoisotopic (exact) mass is 347 g/mol. The van der Waals surface area contributed by atoms with Gasteiger partial charge in [0.1, 0.15) is 11.3 Å². The van der Waals surface area contributed by atoms with Crippen molar-refractivity contribution in [1.82, 2.24) is 15.8 Å². The third-order valence-corrected chi connectivity index (χ3v) is 5.67. The van der Waals surface area contributed by atoms with Crippen LogP contribution in [0.15, 0.2) is 18.2 Å². The molecule has 0 radical (unpaired) electrons. The number of nitrogens with one attached hydrogen (secondary N) is 2. The second kappa shape index (κ2) is 7.72. The summed E-state index contributed by atoms with van der Waals surface area (Å²) < 4.78 is 0. The molecule has 2 saturated heterocycles. The number of carboxylic acid groups (broad SMARTS) is 1. The molecule has 0 spiro atoms. The van der Waals surface area contributed by atoms with Crippen LogP contribution in [0.25, 0.3) is 0 Å². The molecular weight excluding hydrogens is 318 g/mol. The minimum absolute atomic E-state index is 0.0201. The van der Waals surface area contributed by atoms with Crippen LogP contribution in [-0.4, -0.2) is 46.3 Å². The van der Waals surface area contributed by atoms with Crippen LogP contribution in [0.5, 0.6) is 5.75 Å². The lowest BCUT2D eigenvalue weighted by atomic mass is 9.85. The summed E-state index contributed by atoms with van der Waals surface area (Å²) in [5.74, 6) is 0.0875. The highest BCUT2D eigenvalue weighted by Gasteiger charge is 2.33. The number of hydrogen-bond acceptors (Lipinski definition) is 5. The predicted molar refractivity (Wildman–Crippen MR) is 96.4 cm³/mol. The first-order valence-electron chi connectivity index (χ1n) is 9.22. The fourth-order valence-corrected chi connectivity index (χ4v) is 3.98. The van der Waals surface area contributed by atoms with E-state index in [1.165, 1.54) is 12.5 Å². The Balaban J connectivity index is 1.52. The SMILES string of the molecule is CC(C)C1CC(C2CCN(Cc3ccc(O)c(C(=O)O)c3)CC2)NN1. The van der Waals surface area contributed by atoms with Crippen LogP contribution in [0.4, 0.5) is 0 Å². The van der Waals surface area contributed by atoms with Gasteiger partial charge in [0.2, 0.25) is 0 Å². The van der Waals surface area contributed by atoms with Gasteiger partial charge in [-0.1, -0.05) is 19.9 Å². The van der Waals surface area contributed by atoms with Gasteiger partial charge in [-0.05, 0) is 61.9 Å². The Kier molecular flexibility index (Phi) is 5.61. The molecule has 2 atom stereocenters. The second-order valence-corrected chi connectivity index (χ2v) is 7.75. The van der Waals surface area contributed by atoms with Crippen LogP contribution in [0.1, 0.15) is 49.0 Å². The van der Waals surface area contributed by atoms with Gasteiger partial charge in [-0.25, -0.2) is 4.79 Å². The largest absolute Gasteiger partial charge is 0.507 e. The molecule has 138 valence electrons. The van der Waals surface area contributed by atoms with Crippen molar-refractivity contribution in [2.75, 3.05) is 13.1 Å². The molecule has 6 nitrogen and oxygen atoms in total. The van der Waals surface area contributed by atoms with Crippen molar-refractivity contribution in [2.45, 2.75) is 51.7 Å². The molecule has 0 saturated carbocycles. The van der Waals surface area contributed by atoms with Gasteiger partial charge in [-0.15, -0.1) is 0 Å². The van der Waals surface area contributed by atoms with Crippen LogP contribution in [0.3, 0.4) is 0 Å². The molecule has 2 aliphatic heterocycles. The minimum Gasteiger partial charge on any atom is -0.507 e. The normalized spacial score (nSPS) is 25.6. The first kappa shape index (κ1) is 18.2. The Labute approximate surface area is 149 Å². The van der Waals surface area contributed by atoms with Crippen LogP contribution in [0.2, 0.25) is 0 Å². The summed E-state index contributed by atoms with van der Waals surface area (Å²) >= 11 is 0. The topological polar surface area (TPSA) is 84.8 Å². The fourth-order valence-electron chi connectivity index (χ4n) is 3.98. The Morgan fingerprint density at radius 3 is 2.60 bits per heavy atom. The maximum Gasteiger partial charge on any atom is 0.339 e. The Hall–Kier alpha value is -1.63. The molecule has 0 aromatic heterocycles. The average molecular weight is 347 g/mol. The van der Waals surface area contributed by atoms with Gasteiger partial charge in [0, 0.05) is 18.6 Å². The summed E-state index contributed by atoms with van der Waals surface area (Å²) in [6.45, 7) is 7.30. The molecule has 4 N–H and O–H groups in total. The Morgan fingerprint density at radius 1 is 1.28 bits per heavy atom. The summed E-state index contributed by atoms with van der Waals surface area (Å²) in [5.41, 5.74) is 7.84. The van der Waals surface area contributed by atoms with Crippen molar-refractivity contribution in [2.24, 2.45) is 11.8 Å². The van der Waals surface area contributed by atoms with Crippen molar-refractivity contribution in [1.29, 1.82) is 0 Å². The van der Waals surface area contributed by atoms with Gasteiger partial charge in [0.25, 0.3) is 0 Å². The number of nitrogens with zero attached hydrogens (tertiary/aromatic N) is 1. The van der Waals surface area contributed by atoms with Gasteiger partial charge in [0.05, 0.1) is 0 Å². The molecule has 1 aromatic rings. The lowest BCUT2D eigenvalue weighted by Crippen LogP contribution is -2.42. The van der Waals surface area contributed by atoms with E-state index in [0.29, 0.717) is 23.9 Å². The lowest BCUT2D eigenvalue weighted by Gasteiger charge is -2.34. The molecule has 2 unspecified atom stereocenters. The number of carbonyl (C=O) groups is 1. The van der Waals surface area contributed by atoms with E-state index in [4.69, 9.17) is 5.11 Å². The number of piperidine rings is 1.